The molecule has 1 rings (SSSR count). The minimum atomic E-state index is -4.52. The summed E-state index contributed by atoms with van der Waals surface area (Å²) in [5.41, 5.74) is -2.36. The predicted molar refractivity (Wildman–Crippen MR) is 71.8 cm³/mol. The van der Waals surface area contributed by atoms with Gasteiger partial charge in [-0.25, -0.2) is 4.79 Å². The Hall–Kier alpha value is -1.94. The van der Waals surface area contributed by atoms with Crippen molar-refractivity contribution in [3.63, 3.8) is 0 Å². The second-order valence-electron chi connectivity index (χ2n) is 4.39. The highest BCUT2D eigenvalue weighted by atomic mass is 19.4. The van der Waals surface area contributed by atoms with Crippen molar-refractivity contribution in [3.8, 4) is 11.8 Å². The fraction of sp³-hybridized carbons (Fsp3) is 0.500. The van der Waals surface area contributed by atoms with Crippen molar-refractivity contribution >= 4 is 5.97 Å². The van der Waals surface area contributed by atoms with Gasteiger partial charge in [0, 0.05) is 5.92 Å². The highest BCUT2D eigenvalue weighted by Gasteiger charge is 2.39. The van der Waals surface area contributed by atoms with E-state index in [1.807, 2.05) is 6.92 Å². The zero-order valence-corrected chi connectivity index (χ0v) is 11.8. The Balaban J connectivity index is 2.98. The number of alkyl halides is 3. The Bertz CT molecular complexity index is 501. The van der Waals surface area contributed by atoms with Crippen molar-refractivity contribution in [3.05, 3.63) is 23.9 Å². The van der Waals surface area contributed by atoms with Crippen molar-refractivity contribution < 1.29 is 22.7 Å². The quantitative estimate of drug-likeness (QED) is 0.360. The van der Waals surface area contributed by atoms with E-state index in [1.54, 1.807) is 0 Å². The first-order chi connectivity index (χ1) is 9.83. The molecule has 21 heavy (non-hydrogen) atoms. The molecule has 0 aliphatic carbocycles. The highest BCUT2D eigenvalue weighted by molar-refractivity contribution is 5.88. The summed E-state index contributed by atoms with van der Waals surface area (Å²) in [5.74, 6) is 3.82. The van der Waals surface area contributed by atoms with Gasteiger partial charge in [0.2, 0.25) is 0 Å². The molecule has 0 aromatic carbocycles. The van der Waals surface area contributed by atoms with Gasteiger partial charge in [0.05, 0.1) is 7.11 Å². The molecule has 0 radical (unpaired) electrons. The van der Waals surface area contributed by atoms with E-state index < -0.39 is 23.5 Å². The van der Waals surface area contributed by atoms with Crippen LogP contribution in [0.2, 0.25) is 0 Å². The van der Waals surface area contributed by atoms with Crippen LogP contribution in [0, 0.1) is 11.8 Å². The van der Waals surface area contributed by atoms with E-state index in [0.717, 1.165) is 26.0 Å². The Morgan fingerprint density at radius 3 is 2.81 bits per heavy atom. The third-order valence-corrected chi connectivity index (χ3v) is 2.73. The van der Waals surface area contributed by atoms with Crippen molar-refractivity contribution in [2.75, 3.05) is 13.7 Å². The molecule has 0 spiro atoms. The van der Waals surface area contributed by atoms with Crippen LogP contribution in [0.4, 0.5) is 13.2 Å². The molecule has 0 saturated carbocycles. The Morgan fingerprint density at radius 2 is 2.24 bits per heavy atom. The zero-order chi connectivity index (χ0) is 15.9. The Kier molecular flexibility index (Phi) is 5.85. The van der Waals surface area contributed by atoms with E-state index in [1.165, 1.54) is 12.2 Å². The lowest BCUT2D eigenvalue weighted by Gasteiger charge is -2.32. The number of halogens is 3. The number of methoxy groups -OCH3 is 1. The first-order valence-electron chi connectivity index (χ1n) is 6.44. The van der Waals surface area contributed by atoms with Gasteiger partial charge >= 0.3 is 12.1 Å². The first kappa shape index (κ1) is 17.1. The third-order valence-electron chi connectivity index (χ3n) is 2.73. The predicted octanol–water partition coefficient (Wildman–Crippen LogP) is 1.85. The summed E-state index contributed by atoms with van der Waals surface area (Å²) in [6.07, 6.45) is 0.731. The van der Waals surface area contributed by atoms with E-state index in [0.29, 0.717) is 6.54 Å². The highest BCUT2D eigenvalue weighted by Crippen LogP contribution is 2.27. The summed E-state index contributed by atoms with van der Waals surface area (Å²) in [6, 6.07) is 0. The second kappa shape index (κ2) is 7.18. The average molecular weight is 302 g/mol. The smallest absolute Gasteiger partial charge is 0.430 e. The number of hydrogen-bond donors (Lipinski definition) is 2. The van der Waals surface area contributed by atoms with E-state index in [4.69, 9.17) is 0 Å². The molecule has 1 aliphatic heterocycles. The number of allylic oxidation sites excluding steroid dienone is 3. The van der Waals surface area contributed by atoms with E-state index in [2.05, 4.69) is 27.2 Å². The van der Waals surface area contributed by atoms with Crippen LogP contribution >= 0.6 is 0 Å². The molecule has 116 valence electrons. The maximum Gasteiger partial charge on any atom is 0.430 e. The van der Waals surface area contributed by atoms with E-state index in [-0.39, 0.29) is 0 Å². The SMILES string of the molecule is CCCCNC1(C#CC(=O)OC)C=CC=C(C(F)(F)F)N1. The summed E-state index contributed by atoms with van der Waals surface area (Å²) in [6.45, 7) is 2.41. The van der Waals surface area contributed by atoms with Crippen molar-refractivity contribution in [2.45, 2.75) is 31.6 Å². The molecule has 0 fully saturated rings. The fourth-order valence-corrected chi connectivity index (χ4v) is 1.63. The van der Waals surface area contributed by atoms with E-state index >= 15 is 0 Å². The molecule has 0 bridgehead atoms. The summed E-state index contributed by atoms with van der Waals surface area (Å²) in [5, 5.41) is 5.20. The van der Waals surface area contributed by atoms with Crippen LogP contribution in [0.25, 0.3) is 0 Å². The standard InChI is InChI=1S/C14H17F3N2O2/c1-3-4-10-18-13(9-7-12(20)21-2)8-5-6-11(19-13)14(15,16)17/h5-6,8,18-19H,3-4,10H2,1-2H3. The van der Waals surface area contributed by atoms with Gasteiger partial charge < -0.3 is 10.1 Å². The van der Waals surface area contributed by atoms with E-state index in [9.17, 15) is 18.0 Å². The van der Waals surface area contributed by atoms with Gasteiger partial charge in [0.25, 0.3) is 0 Å². The summed E-state index contributed by atoms with van der Waals surface area (Å²) in [7, 11) is 1.15. The Morgan fingerprint density at radius 1 is 1.52 bits per heavy atom. The van der Waals surface area contributed by atoms with Crippen LogP contribution in [0.15, 0.2) is 23.9 Å². The lowest BCUT2D eigenvalue weighted by molar-refractivity contribution is -0.133. The average Bonchev–Trinajstić information content (AvgIpc) is 2.44. The van der Waals surface area contributed by atoms with Gasteiger partial charge in [-0.15, -0.1) is 0 Å². The number of dihydropyridines is 1. The number of carbonyl (C=O) groups excluding carboxylic acids is 1. The largest absolute Gasteiger partial charge is 0.459 e. The summed E-state index contributed by atoms with van der Waals surface area (Å²) in [4.78, 5) is 11.1. The van der Waals surface area contributed by atoms with Crippen LogP contribution in [-0.4, -0.2) is 31.5 Å². The third kappa shape index (κ3) is 5.16. The minimum absolute atomic E-state index is 0.453. The van der Waals surface area contributed by atoms with Crippen molar-refractivity contribution in [1.82, 2.24) is 10.6 Å². The fourth-order valence-electron chi connectivity index (χ4n) is 1.63. The van der Waals surface area contributed by atoms with Gasteiger partial charge in [-0.1, -0.05) is 19.4 Å². The molecule has 1 heterocycles. The molecular formula is C14H17F3N2O2. The van der Waals surface area contributed by atoms with Gasteiger partial charge in [0.15, 0.2) is 5.66 Å². The van der Waals surface area contributed by atoms with Gasteiger partial charge in [-0.3, -0.25) is 5.32 Å². The molecule has 1 aliphatic rings. The maximum absolute atomic E-state index is 12.8. The number of hydrogen-bond acceptors (Lipinski definition) is 4. The van der Waals surface area contributed by atoms with Crippen LogP contribution in [0.1, 0.15) is 19.8 Å². The molecule has 0 amide bonds. The monoisotopic (exact) mass is 302 g/mol. The van der Waals surface area contributed by atoms with Crippen LogP contribution < -0.4 is 10.6 Å². The molecule has 1 atom stereocenters. The van der Waals surface area contributed by atoms with Gasteiger partial charge in [-0.2, -0.15) is 13.2 Å². The molecule has 0 saturated heterocycles. The molecule has 0 aromatic heterocycles. The molecule has 0 aromatic rings. The number of carbonyl (C=O) groups is 1. The second-order valence-corrected chi connectivity index (χ2v) is 4.39. The number of rotatable bonds is 4. The summed E-state index contributed by atoms with van der Waals surface area (Å²) >= 11 is 0. The molecule has 7 heteroatoms. The molecule has 1 unspecified atom stereocenters. The lowest BCUT2D eigenvalue weighted by Crippen LogP contribution is -2.57. The zero-order valence-electron chi connectivity index (χ0n) is 11.8. The van der Waals surface area contributed by atoms with Gasteiger partial charge in [-0.05, 0) is 31.0 Å². The molecule has 2 N–H and O–H groups in total. The first-order valence-corrected chi connectivity index (χ1v) is 6.44. The minimum Gasteiger partial charge on any atom is -0.459 e. The number of esters is 1. The van der Waals surface area contributed by atoms with Crippen molar-refractivity contribution in [2.24, 2.45) is 0 Å². The van der Waals surface area contributed by atoms with Crippen LogP contribution in [-0.2, 0) is 9.53 Å². The van der Waals surface area contributed by atoms with Crippen LogP contribution in [0.3, 0.4) is 0 Å². The number of nitrogens with one attached hydrogen (secondary N) is 2. The van der Waals surface area contributed by atoms with Gasteiger partial charge in [0.1, 0.15) is 5.70 Å². The maximum atomic E-state index is 12.8. The Labute approximate surface area is 121 Å². The molecule has 4 nitrogen and oxygen atoms in total. The molecular weight excluding hydrogens is 285 g/mol. The van der Waals surface area contributed by atoms with Crippen LogP contribution in [0.5, 0.6) is 0 Å². The van der Waals surface area contributed by atoms with Crippen molar-refractivity contribution in [1.29, 1.82) is 0 Å². The topological polar surface area (TPSA) is 50.4 Å². The number of unbranched alkanes of at least 4 members (excludes halogenated alkanes) is 1. The lowest BCUT2D eigenvalue weighted by atomic mass is 10.1. The number of ether oxygens (including phenoxy) is 1. The normalized spacial score (nSPS) is 20.9. The summed E-state index contributed by atoms with van der Waals surface area (Å²) < 4.78 is 42.8.